The van der Waals surface area contributed by atoms with Crippen molar-refractivity contribution in [2.45, 2.75) is 32.2 Å². The molecule has 0 aliphatic heterocycles. The van der Waals surface area contributed by atoms with Crippen LogP contribution < -0.4 is 11.3 Å². The van der Waals surface area contributed by atoms with Crippen molar-refractivity contribution >= 4 is 0 Å². The maximum Gasteiger partial charge on any atom is 0.123 e. The third kappa shape index (κ3) is 1.87. The minimum absolute atomic E-state index is 0.125. The van der Waals surface area contributed by atoms with Crippen molar-refractivity contribution in [2.24, 2.45) is 23.6 Å². The summed E-state index contributed by atoms with van der Waals surface area (Å²) in [6.45, 7) is 1.92. The fourth-order valence-electron chi connectivity index (χ4n) is 3.75. The van der Waals surface area contributed by atoms with Gasteiger partial charge in [0.1, 0.15) is 5.82 Å². The quantitative estimate of drug-likeness (QED) is 0.623. The van der Waals surface area contributed by atoms with E-state index >= 15 is 0 Å². The first-order valence-electron chi connectivity index (χ1n) is 6.44. The van der Waals surface area contributed by atoms with Crippen LogP contribution in [-0.2, 0) is 0 Å². The first kappa shape index (κ1) is 11.2. The van der Waals surface area contributed by atoms with Gasteiger partial charge in [-0.15, -0.1) is 0 Å². The highest BCUT2D eigenvalue weighted by Gasteiger charge is 2.55. The molecular formula is C14H19FN2. The van der Waals surface area contributed by atoms with Gasteiger partial charge in [0, 0.05) is 6.04 Å². The van der Waals surface area contributed by atoms with E-state index in [0.29, 0.717) is 5.92 Å². The predicted molar refractivity (Wildman–Crippen MR) is 65.5 cm³/mol. The molecule has 0 radical (unpaired) electrons. The van der Waals surface area contributed by atoms with Crippen molar-refractivity contribution in [3.8, 4) is 0 Å². The minimum atomic E-state index is -0.161. The fourth-order valence-corrected chi connectivity index (χ4v) is 3.75. The summed E-state index contributed by atoms with van der Waals surface area (Å²) in [6, 6.07) is 5.34. The van der Waals surface area contributed by atoms with E-state index in [4.69, 9.17) is 5.84 Å². The number of halogens is 1. The number of nitrogens with two attached hydrogens (primary N) is 1. The summed E-state index contributed by atoms with van der Waals surface area (Å²) < 4.78 is 13.4. The molecule has 3 N–H and O–H groups in total. The van der Waals surface area contributed by atoms with Crippen molar-refractivity contribution in [1.82, 2.24) is 5.43 Å². The van der Waals surface area contributed by atoms with Gasteiger partial charge in [-0.25, -0.2) is 4.39 Å². The number of hydrazine groups is 1. The molecule has 2 aliphatic rings. The van der Waals surface area contributed by atoms with Gasteiger partial charge >= 0.3 is 0 Å². The van der Waals surface area contributed by atoms with Crippen molar-refractivity contribution < 1.29 is 4.39 Å². The van der Waals surface area contributed by atoms with Crippen molar-refractivity contribution in [1.29, 1.82) is 0 Å². The molecule has 2 fully saturated rings. The SMILES string of the molecule is Cc1cc(F)cc(C(NN)C2C3CCCC32)c1. The second-order valence-corrected chi connectivity index (χ2v) is 5.54. The number of fused-ring (bicyclic) bond motifs is 1. The van der Waals surface area contributed by atoms with Crippen molar-refractivity contribution in [3.05, 3.63) is 35.1 Å². The normalized spacial score (nSPS) is 32.3. The lowest BCUT2D eigenvalue weighted by Crippen LogP contribution is -2.30. The van der Waals surface area contributed by atoms with Crippen LogP contribution in [0.25, 0.3) is 0 Å². The zero-order valence-electron chi connectivity index (χ0n) is 10.1. The summed E-state index contributed by atoms with van der Waals surface area (Å²) in [5.41, 5.74) is 4.86. The van der Waals surface area contributed by atoms with E-state index in [-0.39, 0.29) is 11.9 Å². The van der Waals surface area contributed by atoms with Gasteiger partial charge in [0.15, 0.2) is 0 Å². The molecule has 92 valence electrons. The third-order valence-corrected chi connectivity index (χ3v) is 4.46. The van der Waals surface area contributed by atoms with Crippen LogP contribution in [0.2, 0.25) is 0 Å². The third-order valence-electron chi connectivity index (χ3n) is 4.46. The van der Waals surface area contributed by atoms with Crippen LogP contribution in [0.3, 0.4) is 0 Å². The molecule has 0 aromatic heterocycles. The Bertz CT molecular complexity index is 402. The smallest absolute Gasteiger partial charge is 0.123 e. The van der Waals surface area contributed by atoms with Crippen LogP contribution in [0.1, 0.15) is 36.4 Å². The van der Waals surface area contributed by atoms with E-state index in [0.717, 1.165) is 23.0 Å². The van der Waals surface area contributed by atoms with Crippen LogP contribution in [-0.4, -0.2) is 0 Å². The van der Waals surface area contributed by atoms with E-state index in [9.17, 15) is 4.39 Å². The highest BCUT2D eigenvalue weighted by Crippen LogP contribution is 2.62. The zero-order valence-corrected chi connectivity index (χ0v) is 10.1. The second kappa shape index (κ2) is 4.07. The van der Waals surface area contributed by atoms with Crippen LogP contribution in [0.5, 0.6) is 0 Å². The summed E-state index contributed by atoms with van der Waals surface area (Å²) in [6.07, 6.45) is 3.99. The zero-order chi connectivity index (χ0) is 12.0. The Kier molecular flexibility index (Phi) is 2.68. The molecule has 17 heavy (non-hydrogen) atoms. The van der Waals surface area contributed by atoms with Crippen LogP contribution >= 0.6 is 0 Å². The second-order valence-electron chi connectivity index (χ2n) is 5.54. The van der Waals surface area contributed by atoms with Gasteiger partial charge in [0.2, 0.25) is 0 Å². The summed E-state index contributed by atoms with van der Waals surface area (Å²) in [7, 11) is 0. The maximum atomic E-state index is 13.4. The predicted octanol–water partition coefficient (Wildman–Crippen LogP) is 2.68. The average molecular weight is 234 g/mol. The molecule has 0 heterocycles. The van der Waals surface area contributed by atoms with Gasteiger partial charge in [-0.2, -0.15) is 0 Å². The molecule has 0 bridgehead atoms. The summed E-state index contributed by atoms with van der Waals surface area (Å²) in [5.74, 6) is 7.77. The molecule has 1 aromatic carbocycles. The summed E-state index contributed by atoms with van der Waals surface area (Å²) >= 11 is 0. The number of rotatable bonds is 3. The molecule has 3 rings (SSSR count). The number of hydrogen-bond acceptors (Lipinski definition) is 2. The van der Waals surface area contributed by atoms with E-state index in [1.54, 1.807) is 12.1 Å². The van der Waals surface area contributed by atoms with Gasteiger partial charge in [0.25, 0.3) is 0 Å². The van der Waals surface area contributed by atoms with Crippen LogP contribution in [0, 0.1) is 30.5 Å². The van der Waals surface area contributed by atoms with Crippen molar-refractivity contribution in [3.63, 3.8) is 0 Å². The minimum Gasteiger partial charge on any atom is -0.271 e. The van der Waals surface area contributed by atoms with Crippen LogP contribution in [0.4, 0.5) is 4.39 Å². The summed E-state index contributed by atoms with van der Waals surface area (Å²) in [5, 5.41) is 0. The Labute approximate surface area is 101 Å². The highest BCUT2D eigenvalue weighted by atomic mass is 19.1. The standard InChI is InChI=1S/C14H19FN2/c1-8-5-9(7-10(15)6-8)14(17-16)13-11-3-2-4-12(11)13/h5-7,11-14,17H,2-4,16H2,1H3. The molecule has 3 heteroatoms. The molecule has 1 aromatic rings. The van der Waals surface area contributed by atoms with Gasteiger partial charge in [-0.3, -0.25) is 11.3 Å². The first-order chi connectivity index (χ1) is 8.20. The molecule has 2 saturated carbocycles. The molecule has 3 atom stereocenters. The average Bonchev–Trinajstić information content (AvgIpc) is 2.73. The Balaban J connectivity index is 1.85. The highest BCUT2D eigenvalue weighted by molar-refractivity contribution is 5.29. The molecule has 0 amide bonds. The number of hydrogen-bond donors (Lipinski definition) is 2. The van der Waals surface area contributed by atoms with Gasteiger partial charge < -0.3 is 0 Å². The van der Waals surface area contributed by atoms with Gasteiger partial charge in [0.05, 0.1) is 0 Å². The first-order valence-corrected chi connectivity index (χ1v) is 6.44. The lowest BCUT2D eigenvalue weighted by Gasteiger charge is -2.19. The van der Waals surface area contributed by atoms with Gasteiger partial charge in [-0.1, -0.05) is 12.5 Å². The molecular weight excluding hydrogens is 215 g/mol. The molecule has 3 unspecified atom stereocenters. The number of aryl methyl sites for hydroxylation is 1. The number of benzene rings is 1. The Hall–Kier alpha value is -0.930. The van der Waals surface area contributed by atoms with Gasteiger partial charge in [-0.05, 0) is 60.8 Å². The summed E-state index contributed by atoms with van der Waals surface area (Å²) in [4.78, 5) is 0. The lowest BCUT2D eigenvalue weighted by atomic mass is 9.96. The Morgan fingerprint density at radius 2 is 2.00 bits per heavy atom. The molecule has 0 spiro atoms. The van der Waals surface area contributed by atoms with Crippen molar-refractivity contribution in [2.75, 3.05) is 0 Å². The lowest BCUT2D eigenvalue weighted by molar-refractivity contribution is 0.423. The topological polar surface area (TPSA) is 38.0 Å². The molecule has 2 aliphatic carbocycles. The Morgan fingerprint density at radius 1 is 1.29 bits per heavy atom. The largest absolute Gasteiger partial charge is 0.271 e. The van der Waals surface area contributed by atoms with Crippen LogP contribution in [0.15, 0.2) is 18.2 Å². The molecule has 0 saturated heterocycles. The number of nitrogens with one attached hydrogen (secondary N) is 1. The Morgan fingerprint density at radius 3 is 2.59 bits per heavy atom. The monoisotopic (exact) mass is 234 g/mol. The fraction of sp³-hybridized carbons (Fsp3) is 0.571. The maximum absolute atomic E-state index is 13.4. The van der Waals surface area contributed by atoms with E-state index in [1.165, 1.54) is 19.3 Å². The molecule has 2 nitrogen and oxygen atoms in total. The van der Waals surface area contributed by atoms with E-state index < -0.39 is 0 Å². The van der Waals surface area contributed by atoms with E-state index in [1.807, 2.05) is 13.0 Å². The van der Waals surface area contributed by atoms with E-state index in [2.05, 4.69) is 5.43 Å².